The summed E-state index contributed by atoms with van der Waals surface area (Å²) in [7, 11) is 1.35. The molecule has 0 radical (unpaired) electrons. The lowest BCUT2D eigenvalue weighted by Gasteiger charge is -2.14. The van der Waals surface area contributed by atoms with Gasteiger partial charge in [-0.25, -0.2) is 13.2 Å². The molecule has 156 valence electrons. The molecule has 2 rings (SSSR count). The molecule has 2 aromatic carbocycles. The second kappa shape index (κ2) is 9.67. The molecule has 0 saturated heterocycles. The average Bonchev–Trinajstić information content (AvgIpc) is 2.69. The third kappa shape index (κ3) is 5.77. The smallest absolute Gasteiger partial charge is 0.269 e. The second-order valence-electron chi connectivity index (χ2n) is 6.18. The molecule has 2 amide bonds. The molecule has 7 nitrogen and oxygen atoms in total. The summed E-state index contributed by atoms with van der Waals surface area (Å²) >= 11 is 0. The Kier molecular flexibility index (Phi) is 7.29. The van der Waals surface area contributed by atoms with E-state index in [0.717, 1.165) is 12.1 Å². The maximum absolute atomic E-state index is 13.6. The molecule has 0 saturated carbocycles. The van der Waals surface area contributed by atoms with Crippen molar-refractivity contribution in [3.63, 3.8) is 0 Å². The number of rotatable bonds is 8. The van der Waals surface area contributed by atoms with Crippen molar-refractivity contribution >= 4 is 17.5 Å². The number of amides is 2. The maximum Gasteiger partial charge on any atom is 0.269 e. The van der Waals surface area contributed by atoms with E-state index in [1.165, 1.54) is 25.3 Å². The summed E-state index contributed by atoms with van der Waals surface area (Å²) in [6.45, 7) is 3.38. The molecule has 0 aliphatic heterocycles. The molecule has 0 aliphatic rings. The number of anilines is 1. The minimum atomic E-state index is -1.66. The van der Waals surface area contributed by atoms with Crippen LogP contribution in [0.1, 0.15) is 24.2 Å². The molecule has 29 heavy (non-hydrogen) atoms. The summed E-state index contributed by atoms with van der Waals surface area (Å²) in [5.74, 6) is -5.06. The number of methoxy groups -OCH3 is 1. The van der Waals surface area contributed by atoms with E-state index < -0.39 is 29.0 Å². The van der Waals surface area contributed by atoms with Gasteiger partial charge in [-0.15, -0.1) is 0 Å². The topological polar surface area (TPSA) is 88.7 Å². The average molecular weight is 411 g/mol. The number of benzene rings is 2. The Bertz CT molecular complexity index is 907. The zero-order valence-electron chi connectivity index (χ0n) is 15.9. The molecule has 0 unspecified atom stereocenters. The van der Waals surface area contributed by atoms with E-state index in [4.69, 9.17) is 9.47 Å². The minimum absolute atomic E-state index is 0.0361. The fraction of sp³-hybridized carbons (Fsp3) is 0.263. The van der Waals surface area contributed by atoms with E-state index in [2.05, 4.69) is 16.2 Å². The fourth-order valence-corrected chi connectivity index (χ4v) is 2.25. The van der Waals surface area contributed by atoms with Crippen molar-refractivity contribution in [1.29, 1.82) is 0 Å². The van der Waals surface area contributed by atoms with Gasteiger partial charge in [0.25, 0.3) is 11.8 Å². The highest BCUT2D eigenvalue weighted by Crippen LogP contribution is 2.28. The quantitative estimate of drug-likeness (QED) is 0.459. The lowest BCUT2D eigenvalue weighted by molar-refractivity contribution is -0.123. The lowest BCUT2D eigenvalue weighted by Crippen LogP contribution is -2.34. The first-order valence-corrected chi connectivity index (χ1v) is 8.53. The van der Waals surface area contributed by atoms with E-state index in [9.17, 15) is 22.8 Å². The molecule has 0 aromatic heterocycles. The number of carbonyl (C=O) groups is 2. The SMILES string of the molecule is COc1cc(C(=O)NNc2ccc(F)c(F)c2F)ccc1OCC(=O)NC(C)C. The van der Waals surface area contributed by atoms with E-state index in [1.54, 1.807) is 0 Å². The van der Waals surface area contributed by atoms with Crippen molar-refractivity contribution in [2.24, 2.45) is 0 Å². The third-order valence-corrected chi connectivity index (χ3v) is 3.58. The van der Waals surface area contributed by atoms with Gasteiger partial charge >= 0.3 is 0 Å². The summed E-state index contributed by atoms with van der Waals surface area (Å²) in [5.41, 5.74) is 4.01. The van der Waals surface area contributed by atoms with Crippen LogP contribution in [0.2, 0.25) is 0 Å². The first-order chi connectivity index (χ1) is 13.7. The normalized spacial score (nSPS) is 10.4. The molecule has 0 bridgehead atoms. The molecule has 0 atom stereocenters. The fourth-order valence-electron chi connectivity index (χ4n) is 2.25. The molecule has 0 fully saturated rings. The Balaban J connectivity index is 2.04. The van der Waals surface area contributed by atoms with Gasteiger partial charge in [-0.3, -0.25) is 20.4 Å². The first-order valence-electron chi connectivity index (χ1n) is 8.53. The van der Waals surface area contributed by atoms with Crippen LogP contribution in [-0.2, 0) is 4.79 Å². The Morgan fingerprint density at radius 2 is 1.76 bits per heavy atom. The second-order valence-corrected chi connectivity index (χ2v) is 6.18. The summed E-state index contributed by atoms with van der Waals surface area (Å²) < 4.78 is 50.3. The molecule has 2 aromatic rings. The summed E-state index contributed by atoms with van der Waals surface area (Å²) in [6, 6.07) is 5.77. The van der Waals surface area contributed by atoms with Crippen LogP contribution in [0.3, 0.4) is 0 Å². The van der Waals surface area contributed by atoms with E-state index in [0.29, 0.717) is 0 Å². The van der Waals surface area contributed by atoms with Crippen molar-refractivity contribution in [3.05, 3.63) is 53.3 Å². The van der Waals surface area contributed by atoms with E-state index in [-0.39, 0.29) is 35.6 Å². The van der Waals surface area contributed by atoms with Gasteiger partial charge in [0.2, 0.25) is 0 Å². The molecular formula is C19H20F3N3O4. The van der Waals surface area contributed by atoms with Gasteiger partial charge in [0.1, 0.15) is 0 Å². The summed E-state index contributed by atoms with van der Waals surface area (Å²) in [5, 5.41) is 2.67. The van der Waals surface area contributed by atoms with Crippen LogP contribution in [0.5, 0.6) is 11.5 Å². The van der Waals surface area contributed by atoms with Gasteiger partial charge in [-0.2, -0.15) is 0 Å². The zero-order chi connectivity index (χ0) is 21.6. The number of halogens is 3. The lowest BCUT2D eigenvalue weighted by atomic mass is 10.2. The molecule has 0 aliphatic carbocycles. The predicted molar refractivity (Wildman–Crippen MR) is 99.2 cm³/mol. The number of hydrogen-bond acceptors (Lipinski definition) is 5. The zero-order valence-corrected chi connectivity index (χ0v) is 15.9. The largest absolute Gasteiger partial charge is 0.493 e. The van der Waals surface area contributed by atoms with Crippen LogP contribution in [0.15, 0.2) is 30.3 Å². The number of hydrazine groups is 1. The van der Waals surface area contributed by atoms with Crippen molar-refractivity contribution in [1.82, 2.24) is 10.7 Å². The molecule has 0 spiro atoms. The van der Waals surface area contributed by atoms with Gasteiger partial charge in [0, 0.05) is 11.6 Å². The van der Waals surface area contributed by atoms with Crippen LogP contribution in [-0.4, -0.2) is 31.6 Å². The summed E-state index contributed by atoms with van der Waals surface area (Å²) in [6.07, 6.45) is 0. The highest BCUT2D eigenvalue weighted by Gasteiger charge is 2.16. The first kappa shape index (κ1) is 21.9. The Morgan fingerprint density at radius 1 is 1.03 bits per heavy atom. The number of carbonyl (C=O) groups excluding carboxylic acids is 2. The van der Waals surface area contributed by atoms with Crippen LogP contribution < -0.4 is 25.6 Å². The van der Waals surface area contributed by atoms with Crippen molar-refractivity contribution in [3.8, 4) is 11.5 Å². The van der Waals surface area contributed by atoms with Crippen molar-refractivity contribution < 1.29 is 32.2 Å². The summed E-state index contributed by atoms with van der Waals surface area (Å²) in [4.78, 5) is 23.9. The molecule has 10 heteroatoms. The van der Waals surface area contributed by atoms with Gasteiger partial charge in [-0.05, 0) is 44.2 Å². The van der Waals surface area contributed by atoms with Gasteiger partial charge in [0.05, 0.1) is 12.8 Å². The van der Waals surface area contributed by atoms with Crippen LogP contribution in [0.25, 0.3) is 0 Å². The number of ether oxygens (including phenoxy) is 2. The third-order valence-electron chi connectivity index (χ3n) is 3.58. The monoisotopic (exact) mass is 411 g/mol. The number of hydrogen-bond donors (Lipinski definition) is 3. The Morgan fingerprint density at radius 3 is 2.41 bits per heavy atom. The maximum atomic E-state index is 13.6. The van der Waals surface area contributed by atoms with Crippen LogP contribution in [0, 0.1) is 17.5 Å². The number of nitrogens with one attached hydrogen (secondary N) is 3. The minimum Gasteiger partial charge on any atom is -0.493 e. The van der Waals surface area contributed by atoms with Gasteiger partial charge in [-0.1, -0.05) is 0 Å². The predicted octanol–water partition coefficient (Wildman–Crippen LogP) is 2.77. The van der Waals surface area contributed by atoms with E-state index >= 15 is 0 Å². The highest BCUT2D eigenvalue weighted by atomic mass is 19.2. The Hall–Kier alpha value is -3.43. The van der Waals surface area contributed by atoms with Crippen molar-refractivity contribution in [2.75, 3.05) is 19.1 Å². The van der Waals surface area contributed by atoms with Gasteiger partial charge in [0.15, 0.2) is 35.6 Å². The molecule has 0 heterocycles. The van der Waals surface area contributed by atoms with Crippen LogP contribution >= 0.6 is 0 Å². The van der Waals surface area contributed by atoms with Crippen molar-refractivity contribution in [2.45, 2.75) is 19.9 Å². The highest BCUT2D eigenvalue weighted by molar-refractivity contribution is 5.95. The van der Waals surface area contributed by atoms with Gasteiger partial charge < -0.3 is 14.8 Å². The molecule has 3 N–H and O–H groups in total. The standard InChI is InChI=1S/C19H20F3N3O4/c1-10(2)23-16(26)9-29-14-7-4-11(8-15(14)28-3)19(27)25-24-13-6-5-12(20)17(21)18(13)22/h4-8,10,24H,9H2,1-3H3,(H,23,26)(H,25,27). The Labute approximate surface area is 165 Å². The molecular weight excluding hydrogens is 391 g/mol. The van der Waals surface area contributed by atoms with Crippen LogP contribution in [0.4, 0.5) is 18.9 Å². The van der Waals surface area contributed by atoms with E-state index in [1.807, 2.05) is 13.8 Å².